The molecule has 0 spiro atoms. The van der Waals surface area contributed by atoms with Gasteiger partial charge in [0.2, 0.25) is 5.78 Å². The Labute approximate surface area is 82.4 Å². The van der Waals surface area contributed by atoms with Gasteiger partial charge in [0.05, 0.1) is 19.6 Å². The third-order valence-corrected chi connectivity index (χ3v) is 1.82. The van der Waals surface area contributed by atoms with E-state index in [1.807, 2.05) is 0 Å². The summed E-state index contributed by atoms with van der Waals surface area (Å²) in [6, 6.07) is 0. The van der Waals surface area contributed by atoms with E-state index >= 15 is 0 Å². The molecule has 0 bridgehead atoms. The third kappa shape index (κ3) is 3.66. The molecule has 0 amide bonds. The molecule has 0 aromatic rings. The van der Waals surface area contributed by atoms with Gasteiger partial charge in [-0.15, -0.1) is 0 Å². The first-order valence-electron chi connectivity index (χ1n) is 4.18. The van der Waals surface area contributed by atoms with Gasteiger partial charge in [-0.3, -0.25) is 9.59 Å². The highest BCUT2D eigenvalue weighted by atomic mass is 16.5. The SMILES string of the molecule is COCCC(=O)C(C)C(=O)C(=O)OC. The lowest BCUT2D eigenvalue weighted by atomic mass is 9.99. The van der Waals surface area contributed by atoms with Crippen molar-refractivity contribution in [1.29, 1.82) is 0 Å². The molecule has 0 radical (unpaired) electrons. The molecule has 0 saturated heterocycles. The fourth-order valence-electron chi connectivity index (χ4n) is 0.843. The average molecular weight is 202 g/mol. The van der Waals surface area contributed by atoms with Gasteiger partial charge in [-0.25, -0.2) is 4.79 Å². The molecule has 1 unspecified atom stereocenters. The quantitative estimate of drug-likeness (QED) is 0.343. The van der Waals surface area contributed by atoms with Gasteiger partial charge in [0.1, 0.15) is 5.78 Å². The minimum atomic E-state index is -0.983. The van der Waals surface area contributed by atoms with Crippen molar-refractivity contribution in [3.63, 3.8) is 0 Å². The first kappa shape index (κ1) is 12.8. The number of hydrogen-bond donors (Lipinski definition) is 0. The van der Waals surface area contributed by atoms with Crippen LogP contribution in [-0.2, 0) is 23.9 Å². The summed E-state index contributed by atoms with van der Waals surface area (Å²) in [5, 5.41) is 0. The molecule has 0 aromatic carbocycles. The highest BCUT2D eigenvalue weighted by molar-refractivity contribution is 6.38. The van der Waals surface area contributed by atoms with Gasteiger partial charge in [0, 0.05) is 13.5 Å². The number of esters is 1. The number of ether oxygens (including phenoxy) is 2. The minimum Gasteiger partial charge on any atom is -0.463 e. The van der Waals surface area contributed by atoms with Crippen molar-refractivity contribution < 1.29 is 23.9 Å². The summed E-state index contributed by atoms with van der Waals surface area (Å²) in [7, 11) is 2.56. The van der Waals surface area contributed by atoms with Gasteiger partial charge >= 0.3 is 5.97 Å². The Morgan fingerprint density at radius 1 is 1.21 bits per heavy atom. The second-order valence-electron chi connectivity index (χ2n) is 2.79. The molecule has 80 valence electrons. The second kappa shape index (κ2) is 6.26. The molecule has 0 aliphatic carbocycles. The van der Waals surface area contributed by atoms with Crippen LogP contribution in [0.25, 0.3) is 0 Å². The van der Waals surface area contributed by atoms with Crippen molar-refractivity contribution in [1.82, 2.24) is 0 Å². The van der Waals surface area contributed by atoms with Crippen molar-refractivity contribution in [3.05, 3.63) is 0 Å². The Balaban J connectivity index is 4.17. The van der Waals surface area contributed by atoms with Crippen LogP contribution in [0, 0.1) is 5.92 Å². The molecular weight excluding hydrogens is 188 g/mol. The van der Waals surface area contributed by atoms with Gasteiger partial charge in [0.25, 0.3) is 0 Å². The number of methoxy groups -OCH3 is 2. The minimum absolute atomic E-state index is 0.125. The van der Waals surface area contributed by atoms with Crippen LogP contribution >= 0.6 is 0 Å². The molecule has 0 rings (SSSR count). The highest BCUT2D eigenvalue weighted by Gasteiger charge is 2.27. The summed E-state index contributed by atoms with van der Waals surface area (Å²) in [6.45, 7) is 1.63. The van der Waals surface area contributed by atoms with E-state index in [0.29, 0.717) is 0 Å². The predicted octanol–water partition coefficient (Wildman–Crippen LogP) is -0.0298. The molecule has 0 aliphatic rings. The van der Waals surface area contributed by atoms with Crippen molar-refractivity contribution in [2.45, 2.75) is 13.3 Å². The lowest BCUT2D eigenvalue weighted by Gasteiger charge is -2.06. The number of rotatable bonds is 6. The van der Waals surface area contributed by atoms with E-state index < -0.39 is 17.7 Å². The van der Waals surface area contributed by atoms with Crippen LogP contribution in [-0.4, -0.2) is 38.4 Å². The normalized spacial score (nSPS) is 11.9. The average Bonchev–Trinajstić information content (AvgIpc) is 2.22. The lowest BCUT2D eigenvalue weighted by Crippen LogP contribution is -2.29. The van der Waals surface area contributed by atoms with Crippen molar-refractivity contribution in [2.75, 3.05) is 20.8 Å². The third-order valence-electron chi connectivity index (χ3n) is 1.82. The maximum absolute atomic E-state index is 11.3. The zero-order valence-electron chi connectivity index (χ0n) is 8.53. The van der Waals surface area contributed by atoms with E-state index in [4.69, 9.17) is 0 Å². The van der Waals surface area contributed by atoms with Crippen LogP contribution in [0.3, 0.4) is 0 Å². The summed E-state index contributed by atoms with van der Waals surface area (Å²) in [4.78, 5) is 33.2. The molecule has 0 saturated carbocycles. The van der Waals surface area contributed by atoms with Crippen LogP contribution in [0.15, 0.2) is 0 Å². The van der Waals surface area contributed by atoms with E-state index in [2.05, 4.69) is 9.47 Å². The zero-order valence-corrected chi connectivity index (χ0v) is 8.53. The van der Waals surface area contributed by atoms with Gasteiger partial charge < -0.3 is 9.47 Å². The Kier molecular flexibility index (Phi) is 5.71. The Bertz CT molecular complexity index is 233. The largest absolute Gasteiger partial charge is 0.463 e. The fraction of sp³-hybridized carbons (Fsp3) is 0.667. The summed E-state index contributed by atoms with van der Waals surface area (Å²) in [5.41, 5.74) is 0. The number of carbonyl (C=O) groups is 3. The smallest absolute Gasteiger partial charge is 0.375 e. The molecule has 0 aliphatic heterocycles. The van der Waals surface area contributed by atoms with Gasteiger partial charge in [-0.2, -0.15) is 0 Å². The maximum Gasteiger partial charge on any atom is 0.375 e. The number of Topliss-reactive ketones (excluding diaryl/α,β-unsaturated/α-hetero) is 2. The van der Waals surface area contributed by atoms with E-state index in [1.165, 1.54) is 14.0 Å². The molecule has 14 heavy (non-hydrogen) atoms. The van der Waals surface area contributed by atoms with Crippen LogP contribution in [0.2, 0.25) is 0 Å². The highest BCUT2D eigenvalue weighted by Crippen LogP contribution is 2.03. The predicted molar refractivity (Wildman–Crippen MR) is 47.7 cm³/mol. The summed E-state index contributed by atoms with van der Waals surface area (Å²) in [5.74, 6) is -3.06. The van der Waals surface area contributed by atoms with Gasteiger partial charge in [-0.1, -0.05) is 0 Å². The number of carbonyl (C=O) groups excluding carboxylic acids is 3. The summed E-state index contributed by atoms with van der Waals surface area (Å²) >= 11 is 0. The summed E-state index contributed by atoms with van der Waals surface area (Å²) < 4.78 is 8.90. The Morgan fingerprint density at radius 2 is 1.79 bits per heavy atom. The monoisotopic (exact) mass is 202 g/mol. The van der Waals surface area contributed by atoms with Crippen molar-refractivity contribution in [2.24, 2.45) is 5.92 Å². The first-order valence-corrected chi connectivity index (χ1v) is 4.18. The van der Waals surface area contributed by atoms with Crippen molar-refractivity contribution >= 4 is 17.5 Å². The number of ketones is 2. The second-order valence-corrected chi connectivity index (χ2v) is 2.79. The van der Waals surface area contributed by atoms with Gasteiger partial charge in [0.15, 0.2) is 0 Å². The topological polar surface area (TPSA) is 69.7 Å². The molecule has 0 aromatic heterocycles. The van der Waals surface area contributed by atoms with Gasteiger partial charge in [-0.05, 0) is 6.92 Å². The van der Waals surface area contributed by atoms with E-state index in [0.717, 1.165) is 7.11 Å². The summed E-state index contributed by atoms with van der Waals surface area (Å²) in [6.07, 6.45) is 0.125. The molecule has 0 N–H and O–H groups in total. The lowest BCUT2D eigenvalue weighted by molar-refractivity contribution is -0.154. The Hall–Kier alpha value is -1.23. The zero-order chi connectivity index (χ0) is 11.1. The number of hydrogen-bond acceptors (Lipinski definition) is 5. The standard InChI is InChI=1S/C9H14O5/c1-6(7(10)4-5-13-2)8(11)9(12)14-3/h6H,4-5H2,1-3H3. The Morgan fingerprint density at radius 3 is 2.21 bits per heavy atom. The molecular formula is C9H14O5. The molecule has 1 atom stereocenters. The van der Waals surface area contributed by atoms with Crippen molar-refractivity contribution in [3.8, 4) is 0 Å². The molecule has 5 heteroatoms. The fourth-order valence-corrected chi connectivity index (χ4v) is 0.843. The molecule has 0 fully saturated rings. The van der Waals surface area contributed by atoms with Crippen LogP contribution in [0.4, 0.5) is 0 Å². The van der Waals surface area contributed by atoms with Crippen LogP contribution < -0.4 is 0 Å². The van der Waals surface area contributed by atoms with E-state index in [9.17, 15) is 14.4 Å². The maximum atomic E-state index is 11.3. The molecule has 5 nitrogen and oxygen atoms in total. The first-order chi connectivity index (χ1) is 6.54. The van der Waals surface area contributed by atoms with E-state index in [1.54, 1.807) is 0 Å². The van der Waals surface area contributed by atoms with Crippen LogP contribution in [0.1, 0.15) is 13.3 Å². The molecule has 0 heterocycles. The van der Waals surface area contributed by atoms with Crippen LogP contribution in [0.5, 0.6) is 0 Å². The van der Waals surface area contributed by atoms with E-state index in [-0.39, 0.29) is 18.8 Å².